The van der Waals surface area contributed by atoms with Gasteiger partial charge in [-0.25, -0.2) is 4.79 Å². The van der Waals surface area contributed by atoms with Gasteiger partial charge in [0.05, 0.1) is 6.07 Å². The van der Waals surface area contributed by atoms with E-state index in [1.165, 1.54) is 12.1 Å². The molecule has 0 spiro atoms. The summed E-state index contributed by atoms with van der Waals surface area (Å²) in [5, 5.41) is 30.2. The van der Waals surface area contributed by atoms with E-state index < -0.39 is 29.8 Å². The zero-order valence-corrected chi connectivity index (χ0v) is 12.6. The van der Waals surface area contributed by atoms with E-state index in [0.717, 1.165) is 6.07 Å². The fourth-order valence-electron chi connectivity index (χ4n) is 1.53. The van der Waals surface area contributed by atoms with E-state index in [1.807, 2.05) is 6.07 Å². The minimum Gasteiger partial charge on any atom is -0.508 e. The highest BCUT2D eigenvalue weighted by atomic mass is 16.5. The number of carbonyl (C=O) groups is 2. The standard InChI is InChI=1S/C15H18N2O5/c1-9(2)15(3,8-16)17-13(20)7-22-14(21)11-5-4-10(18)6-12(11)19/h4-6,9,18-19H,7H2,1-3H3,(H,17,20)/t15-/m1/s1. The van der Waals surface area contributed by atoms with Crippen LogP contribution in [0.15, 0.2) is 18.2 Å². The van der Waals surface area contributed by atoms with Crippen molar-refractivity contribution < 1.29 is 24.5 Å². The highest BCUT2D eigenvalue weighted by Crippen LogP contribution is 2.23. The molecular formula is C15H18N2O5. The van der Waals surface area contributed by atoms with Gasteiger partial charge in [0.1, 0.15) is 22.6 Å². The summed E-state index contributed by atoms with van der Waals surface area (Å²) in [5.74, 6) is -2.30. The Labute approximate surface area is 128 Å². The minimum atomic E-state index is -1.07. The van der Waals surface area contributed by atoms with Gasteiger partial charge in [-0.2, -0.15) is 5.26 Å². The maximum Gasteiger partial charge on any atom is 0.342 e. The Morgan fingerprint density at radius 2 is 2.05 bits per heavy atom. The van der Waals surface area contributed by atoms with E-state index in [9.17, 15) is 14.7 Å². The van der Waals surface area contributed by atoms with Gasteiger partial charge in [0.25, 0.3) is 5.91 Å². The van der Waals surface area contributed by atoms with Gasteiger partial charge in [0.2, 0.25) is 0 Å². The third kappa shape index (κ3) is 4.12. The van der Waals surface area contributed by atoms with Gasteiger partial charge in [0, 0.05) is 6.07 Å². The van der Waals surface area contributed by atoms with Crippen LogP contribution in [0, 0.1) is 17.2 Å². The van der Waals surface area contributed by atoms with Crippen molar-refractivity contribution in [1.82, 2.24) is 5.32 Å². The highest BCUT2D eigenvalue weighted by molar-refractivity contribution is 5.94. The van der Waals surface area contributed by atoms with Crippen molar-refractivity contribution in [2.75, 3.05) is 6.61 Å². The van der Waals surface area contributed by atoms with Crippen molar-refractivity contribution in [2.45, 2.75) is 26.3 Å². The molecule has 1 aromatic carbocycles. The Morgan fingerprint density at radius 1 is 1.41 bits per heavy atom. The van der Waals surface area contributed by atoms with E-state index in [1.54, 1.807) is 20.8 Å². The number of phenols is 2. The molecule has 118 valence electrons. The Bertz CT molecular complexity index is 621. The lowest BCUT2D eigenvalue weighted by Crippen LogP contribution is -2.50. The number of benzene rings is 1. The molecule has 1 rings (SSSR count). The van der Waals surface area contributed by atoms with Crippen LogP contribution in [0.4, 0.5) is 0 Å². The van der Waals surface area contributed by atoms with Crippen molar-refractivity contribution in [3.05, 3.63) is 23.8 Å². The van der Waals surface area contributed by atoms with E-state index in [0.29, 0.717) is 0 Å². The molecule has 7 heteroatoms. The predicted octanol–water partition coefficient (Wildman–Crippen LogP) is 1.31. The van der Waals surface area contributed by atoms with Gasteiger partial charge in [-0.3, -0.25) is 4.79 Å². The number of rotatable bonds is 5. The van der Waals surface area contributed by atoms with Crippen molar-refractivity contribution in [3.63, 3.8) is 0 Å². The number of esters is 1. The molecular weight excluding hydrogens is 288 g/mol. The van der Waals surface area contributed by atoms with Crippen molar-refractivity contribution in [3.8, 4) is 17.6 Å². The lowest BCUT2D eigenvalue weighted by molar-refractivity contribution is -0.125. The summed E-state index contributed by atoms with van der Waals surface area (Å²) in [6.07, 6.45) is 0. The zero-order chi connectivity index (χ0) is 16.9. The second kappa shape index (κ2) is 6.80. The molecule has 0 aliphatic carbocycles. The molecule has 0 bridgehead atoms. The summed E-state index contributed by atoms with van der Waals surface area (Å²) in [6.45, 7) is 4.56. The number of nitrogens with zero attached hydrogens (tertiary/aromatic N) is 1. The SMILES string of the molecule is CC(C)[C@@](C)(C#N)NC(=O)COC(=O)c1ccc(O)cc1O. The number of hydrogen-bond donors (Lipinski definition) is 3. The topological polar surface area (TPSA) is 120 Å². The number of ether oxygens (including phenoxy) is 1. The fraction of sp³-hybridized carbons (Fsp3) is 0.400. The smallest absolute Gasteiger partial charge is 0.342 e. The molecule has 0 saturated carbocycles. The summed E-state index contributed by atoms with van der Waals surface area (Å²) in [6, 6.07) is 5.38. The Hall–Kier alpha value is -2.75. The van der Waals surface area contributed by atoms with Crippen molar-refractivity contribution in [2.24, 2.45) is 5.92 Å². The average molecular weight is 306 g/mol. The molecule has 0 unspecified atom stereocenters. The van der Waals surface area contributed by atoms with E-state index in [4.69, 9.17) is 15.1 Å². The lowest BCUT2D eigenvalue weighted by atomic mass is 9.90. The van der Waals surface area contributed by atoms with Gasteiger partial charge < -0.3 is 20.3 Å². The van der Waals surface area contributed by atoms with Crippen LogP contribution in [0.25, 0.3) is 0 Å². The average Bonchev–Trinajstić information content (AvgIpc) is 2.44. The first-order chi connectivity index (χ1) is 10.2. The predicted molar refractivity (Wildman–Crippen MR) is 77.1 cm³/mol. The lowest BCUT2D eigenvalue weighted by Gasteiger charge is -2.27. The molecule has 0 aromatic heterocycles. The molecule has 0 fully saturated rings. The van der Waals surface area contributed by atoms with E-state index in [-0.39, 0.29) is 17.2 Å². The maximum atomic E-state index is 11.8. The molecule has 0 heterocycles. The number of nitriles is 1. The third-order valence-corrected chi connectivity index (χ3v) is 3.32. The van der Waals surface area contributed by atoms with Crippen LogP contribution in [-0.4, -0.2) is 34.2 Å². The third-order valence-electron chi connectivity index (χ3n) is 3.32. The number of hydrogen-bond acceptors (Lipinski definition) is 6. The second-order valence-corrected chi connectivity index (χ2v) is 5.29. The van der Waals surface area contributed by atoms with Crippen molar-refractivity contribution >= 4 is 11.9 Å². The van der Waals surface area contributed by atoms with Gasteiger partial charge in [-0.1, -0.05) is 13.8 Å². The van der Waals surface area contributed by atoms with Gasteiger partial charge in [0.15, 0.2) is 6.61 Å². The van der Waals surface area contributed by atoms with Crippen LogP contribution in [0.3, 0.4) is 0 Å². The second-order valence-electron chi connectivity index (χ2n) is 5.29. The molecule has 7 nitrogen and oxygen atoms in total. The van der Waals surface area contributed by atoms with Crippen LogP contribution < -0.4 is 5.32 Å². The highest BCUT2D eigenvalue weighted by Gasteiger charge is 2.30. The molecule has 1 atom stereocenters. The van der Waals surface area contributed by atoms with Crippen LogP contribution in [-0.2, 0) is 9.53 Å². The zero-order valence-electron chi connectivity index (χ0n) is 12.6. The maximum absolute atomic E-state index is 11.8. The Kier molecular flexibility index (Phi) is 5.35. The van der Waals surface area contributed by atoms with Gasteiger partial charge in [-0.05, 0) is 25.0 Å². The van der Waals surface area contributed by atoms with E-state index in [2.05, 4.69) is 5.32 Å². The minimum absolute atomic E-state index is 0.127. The van der Waals surface area contributed by atoms with Crippen LogP contribution in [0.1, 0.15) is 31.1 Å². The summed E-state index contributed by atoms with van der Waals surface area (Å²) < 4.78 is 4.78. The van der Waals surface area contributed by atoms with Gasteiger partial charge >= 0.3 is 5.97 Å². The number of carbonyl (C=O) groups excluding carboxylic acids is 2. The van der Waals surface area contributed by atoms with Crippen LogP contribution >= 0.6 is 0 Å². The summed E-state index contributed by atoms with van der Waals surface area (Å²) in [4.78, 5) is 23.5. The monoisotopic (exact) mass is 306 g/mol. The quantitative estimate of drug-likeness (QED) is 0.705. The summed E-state index contributed by atoms with van der Waals surface area (Å²) >= 11 is 0. The Balaban J connectivity index is 2.65. The molecule has 0 saturated heterocycles. The molecule has 1 amide bonds. The first kappa shape index (κ1) is 17.3. The molecule has 0 aliphatic heterocycles. The van der Waals surface area contributed by atoms with E-state index >= 15 is 0 Å². The van der Waals surface area contributed by atoms with Gasteiger partial charge in [-0.15, -0.1) is 0 Å². The largest absolute Gasteiger partial charge is 0.508 e. The molecule has 3 N–H and O–H groups in total. The normalized spacial score (nSPS) is 13.0. The fourth-order valence-corrected chi connectivity index (χ4v) is 1.53. The first-order valence-corrected chi connectivity index (χ1v) is 6.61. The van der Waals surface area contributed by atoms with Crippen LogP contribution in [0.2, 0.25) is 0 Å². The summed E-state index contributed by atoms with van der Waals surface area (Å²) in [7, 11) is 0. The number of aromatic hydroxyl groups is 2. The number of nitrogens with one attached hydrogen (secondary N) is 1. The van der Waals surface area contributed by atoms with Crippen LogP contribution in [0.5, 0.6) is 11.5 Å². The molecule has 1 aromatic rings. The number of amides is 1. The molecule has 0 radical (unpaired) electrons. The Morgan fingerprint density at radius 3 is 2.55 bits per heavy atom. The molecule has 22 heavy (non-hydrogen) atoms. The molecule has 0 aliphatic rings. The summed E-state index contributed by atoms with van der Waals surface area (Å²) in [5.41, 5.74) is -1.23. The number of phenolic OH excluding ortho intramolecular Hbond substituents is 2. The first-order valence-electron chi connectivity index (χ1n) is 6.61. The van der Waals surface area contributed by atoms with Crippen molar-refractivity contribution in [1.29, 1.82) is 5.26 Å².